The van der Waals surface area contributed by atoms with Gasteiger partial charge in [0.25, 0.3) is 0 Å². The lowest BCUT2D eigenvalue weighted by atomic mass is 9.95. The maximum Gasteiger partial charge on any atom is 0.191 e. The van der Waals surface area contributed by atoms with Gasteiger partial charge < -0.3 is 20.3 Å². The minimum atomic E-state index is 0. The van der Waals surface area contributed by atoms with E-state index in [0.29, 0.717) is 18.2 Å². The third-order valence-electron chi connectivity index (χ3n) is 5.05. The monoisotopic (exact) mass is 408 g/mol. The Labute approximate surface area is 145 Å². The fourth-order valence-corrected chi connectivity index (χ4v) is 3.67. The van der Waals surface area contributed by atoms with Gasteiger partial charge in [-0.3, -0.25) is 4.99 Å². The van der Waals surface area contributed by atoms with Gasteiger partial charge in [-0.15, -0.1) is 24.0 Å². The third-order valence-corrected chi connectivity index (χ3v) is 5.05. The molecule has 2 N–H and O–H groups in total. The molecular formula is C15H29IN4O. The van der Waals surface area contributed by atoms with Gasteiger partial charge in [-0.05, 0) is 58.2 Å². The molecule has 2 bridgehead atoms. The van der Waals surface area contributed by atoms with Crippen molar-refractivity contribution in [3.63, 3.8) is 0 Å². The van der Waals surface area contributed by atoms with Crippen molar-refractivity contribution in [2.24, 2.45) is 10.9 Å². The molecule has 0 radical (unpaired) electrons. The van der Waals surface area contributed by atoms with E-state index < -0.39 is 0 Å². The van der Waals surface area contributed by atoms with Crippen LogP contribution in [0.5, 0.6) is 0 Å². The number of fused-ring (bicyclic) bond motifs is 2. The van der Waals surface area contributed by atoms with Gasteiger partial charge in [-0.2, -0.15) is 0 Å². The number of rotatable bonds is 3. The number of halogens is 1. The number of ether oxygens (including phenoxy) is 1. The second kappa shape index (κ2) is 7.97. The van der Waals surface area contributed by atoms with Crippen molar-refractivity contribution in [2.45, 2.75) is 50.4 Å². The van der Waals surface area contributed by atoms with Crippen LogP contribution < -0.4 is 10.6 Å². The Kier molecular flexibility index (Phi) is 6.55. The van der Waals surface area contributed by atoms with E-state index in [9.17, 15) is 0 Å². The topological polar surface area (TPSA) is 48.9 Å². The van der Waals surface area contributed by atoms with E-state index in [1.807, 2.05) is 7.05 Å². The highest BCUT2D eigenvalue weighted by Gasteiger charge is 2.41. The van der Waals surface area contributed by atoms with E-state index >= 15 is 0 Å². The van der Waals surface area contributed by atoms with Gasteiger partial charge in [-0.1, -0.05) is 0 Å². The summed E-state index contributed by atoms with van der Waals surface area (Å²) < 4.78 is 5.89. The van der Waals surface area contributed by atoms with Gasteiger partial charge in [0.05, 0.1) is 18.2 Å². The maximum atomic E-state index is 5.89. The fraction of sp³-hybridized carbons (Fsp3) is 0.933. The lowest BCUT2D eigenvalue weighted by Gasteiger charge is -2.30. The molecule has 3 atom stereocenters. The minimum Gasteiger partial charge on any atom is -0.373 e. The van der Waals surface area contributed by atoms with Crippen LogP contribution in [0.25, 0.3) is 0 Å². The summed E-state index contributed by atoms with van der Waals surface area (Å²) in [5.41, 5.74) is 0. The third kappa shape index (κ3) is 4.45. The smallest absolute Gasteiger partial charge is 0.191 e. The van der Waals surface area contributed by atoms with Crippen molar-refractivity contribution >= 4 is 29.9 Å². The molecule has 3 aliphatic heterocycles. The van der Waals surface area contributed by atoms with Crippen LogP contribution in [0.4, 0.5) is 0 Å². The Morgan fingerprint density at radius 2 is 2.00 bits per heavy atom. The Morgan fingerprint density at radius 3 is 2.57 bits per heavy atom. The number of aliphatic imine (C=N–C) groups is 1. The standard InChI is InChI=1S/C15H28N4O.HI/c1-16-15(17-10-11-5-7-19(2)8-6-11)18-13-9-12-3-4-14(13)20-12;/h11-14H,3-10H2,1-2H3,(H2,16,17,18);1H. The molecule has 6 heteroatoms. The second-order valence-corrected chi connectivity index (χ2v) is 6.56. The Hall–Kier alpha value is -0.0800. The van der Waals surface area contributed by atoms with E-state index in [4.69, 9.17) is 4.74 Å². The van der Waals surface area contributed by atoms with Crippen molar-refractivity contribution in [3.8, 4) is 0 Å². The van der Waals surface area contributed by atoms with Gasteiger partial charge in [0.1, 0.15) is 0 Å². The van der Waals surface area contributed by atoms with E-state index in [2.05, 4.69) is 27.6 Å². The van der Waals surface area contributed by atoms with Crippen molar-refractivity contribution in [1.82, 2.24) is 15.5 Å². The first-order chi connectivity index (χ1) is 9.74. The zero-order chi connectivity index (χ0) is 13.9. The van der Waals surface area contributed by atoms with Gasteiger partial charge in [-0.25, -0.2) is 0 Å². The zero-order valence-corrected chi connectivity index (χ0v) is 15.5. The SMILES string of the molecule is CN=C(NCC1CCN(C)CC1)NC1CC2CCC1O2.I. The number of hydrogen-bond acceptors (Lipinski definition) is 3. The van der Waals surface area contributed by atoms with Crippen LogP contribution >= 0.6 is 24.0 Å². The average Bonchev–Trinajstić information content (AvgIpc) is 3.07. The van der Waals surface area contributed by atoms with E-state index in [1.165, 1.54) is 38.8 Å². The summed E-state index contributed by atoms with van der Waals surface area (Å²) >= 11 is 0. The molecule has 0 saturated carbocycles. The molecule has 3 aliphatic rings. The fourth-order valence-electron chi connectivity index (χ4n) is 3.67. The highest BCUT2D eigenvalue weighted by atomic mass is 127. The quantitative estimate of drug-likeness (QED) is 0.422. The van der Waals surface area contributed by atoms with E-state index in [1.54, 1.807) is 0 Å². The summed E-state index contributed by atoms with van der Waals surface area (Å²) in [6, 6.07) is 0.456. The lowest BCUT2D eigenvalue weighted by molar-refractivity contribution is 0.0992. The first-order valence-electron chi connectivity index (χ1n) is 8.06. The van der Waals surface area contributed by atoms with Crippen LogP contribution in [0.15, 0.2) is 4.99 Å². The maximum absolute atomic E-state index is 5.89. The van der Waals surface area contributed by atoms with E-state index in [-0.39, 0.29) is 24.0 Å². The van der Waals surface area contributed by atoms with Crippen LogP contribution in [0, 0.1) is 5.92 Å². The summed E-state index contributed by atoms with van der Waals surface area (Å²) in [7, 11) is 4.07. The molecule has 3 unspecified atom stereocenters. The zero-order valence-electron chi connectivity index (χ0n) is 13.2. The summed E-state index contributed by atoms with van der Waals surface area (Å²) in [5, 5.41) is 7.05. The molecule has 0 aromatic rings. The molecule has 3 heterocycles. The molecule has 0 aliphatic carbocycles. The first-order valence-corrected chi connectivity index (χ1v) is 8.06. The molecule has 0 aromatic carbocycles. The second-order valence-electron chi connectivity index (χ2n) is 6.56. The van der Waals surface area contributed by atoms with Gasteiger partial charge in [0, 0.05) is 13.6 Å². The summed E-state index contributed by atoms with van der Waals surface area (Å²) in [5.74, 6) is 1.73. The summed E-state index contributed by atoms with van der Waals surface area (Å²) in [4.78, 5) is 6.78. The summed E-state index contributed by atoms with van der Waals surface area (Å²) in [6.45, 7) is 3.48. The lowest BCUT2D eigenvalue weighted by Crippen LogP contribution is -2.49. The highest BCUT2D eigenvalue weighted by Crippen LogP contribution is 2.34. The van der Waals surface area contributed by atoms with E-state index in [0.717, 1.165) is 24.8 Å². The van der Waals surface area contributed by atoms with Crippen LogP contribution in [0.3, 0.4) is 0 Å². The Balaban J connectivity index is 0.00000161. The largest absolute Gasteiger partial charge is 0.373 e. The number of guanidine groups is 1. The molecule has 0 aromatic heterocycles. The molecule has 3 rings (SSSR count). The Morgan fingerprint density at radius 1 is 1.24 bits per heavy atom. The first kappa shape index (κ1) is 17.3. The van der Waals surface area contributed by atoms with Gasteiger partial charge in [0.2, 0.25) is 0 Å². The van der Waals surface area contributed by atoms with Gasteiger partial charge in [0.15, 0.2) is 5.96 Å². The molecule has 3 saturated heterocycles. The minimum absolute atomic E-state index is 0. The van der Waals surface area contributed by atoms with Crippen molar-refractivity contribution in [2.75, 3.05) is 33.7 Å². The van der Waals surface area contributed by atoms with Crippen molar-refractivity contribution in [3.05, 3.63) is 0 Å². The van der Waals surface area contributed by atoms with Gasteiger partial charge >= 0.3 is 0 Å². The average molecular weight is 408 g/mol. The highest BCUT2D eigenvalue weighted by molar-refractivity contribution is 14.0. The molecule has 0 spiro atoms. The Bertz CT molecular complexity index is 358. The summed E-state index contributed by atoms with van der Waals surface area (Å²) in [6.07, 6.45) is 7.06. The number of nitrogens with zero attached hydrogens (tertiary/aromatic N) is 2. The molecule has 122 valence electrons. The number of piperidine rings is 1. The molecule has 21 heavy (non-hydrogen) atoms. The molecular weight excluding hydrogens is 379 g/mol. The van der Waals surface area contributed by atoms with Crippen LogP contribution in [0.2, 0.25) is 0 Å². The number of nitrogens with one attached hydrogen (secondary N) is 2. The predicted octanol–water partition coefficient (Wildman–Crippen LogP) is 1.43. The predicted molar refractivity (Wildman–Crippen MR) is 96.4 cm³/mol. The molecule has 3 fully saturated rings. The van der Waals surface area contributed by atoms with Crippen molar-refractivity contribution < 1.29 is 4.74 Å². The normalized spacial score (nSPS) is 33.8. The molecule has 0 amide bonds. The number of likely N-dealkylation sites (tertiary alicyclic amines) is 1. The molecule has 5 nitrogen and oxygen atoms in total. The van der Waals surface area contributed by atoms with Crippen molar-refractivity contribution in [1.29, 1.82) is 0 Å². The van der Waals surface area contributed by atoms with Crippen LogP contribution in [0.1, 0.15) is 32.1 Å². The van der Waals surface area contributed by atoms with Crippen LogP contribution in [-0.2, 0) is 4.74 Å². The number of hydrogen-bond donors (Lipinski definition) is 2. The van der Waals surface area contributed by atoms with Crippen LogP contribution in [-0.4, -0.2) is 62.8 Å².